The van der Waals surface area contributed by atoms with Gasteiger partial charge in [0.05, 0.1) is 18.7 Å². The van der Waals surface area contributed by atoms with Crippen molar-refractivity contribution in [2.45, 2.75) is 13.5 Å². The molecule has 0 atom stereocenters. The molecule has 0 aliphatic carbocycles. The molecule has 0 saturated carbocycles. The van der Waals surface area contributed by atoms with Crippen LogP contribution in [0.2, 0.25) is 0 Å². The van der Waals surface area contributed by atoms with Crippen LogP contribution in [0.3, 0.4) is 0 Å². The van der Waals surface area contributed by atoms with Gasteiger partial charge >= 0.3 is 0 Å². The van der Waals surface area contributed by atoms with E-state index in [4.69, 9.17) is 15.7 Å². The molecule has 3 nitrogen and oxygen atoms in total. The summed E-state index contributed by atoms with van der Waals surface area (Å²) < 4.78 is 5.13. The van der Waals surface area contributed by atoms with Crippen molar-refractivity contribution < 1.29 is 4.74 Å². The number of aryl methyl sites for hydroxylation is 1. The van der Waals surface area contributed by atoms with Gasteiger partial charge in [-0.15, -0.1) is 0 Å². The molecule has 0 radical (unpaired) electrons. The molecular formula is C10H12N2O. The van der Waals surface area contributed by atoms with Gasteiger partial charge in [-0.05, 0) is 24.6 Å². The Hall–Kier alpha value is -1.53. The van der Waals surface area contributed by atoms with E-state index in [1.54, 1.807) is 13.2 Å². The van der Waals surface area contributed by atoms with Crippen molar-refractivity contribution in [1.29, 1.82) is 5.26 Å². The highest BCUT2D eigenvalue weighted by Crippen LogP contribution is 2.22. The molecule has 68 valence electrons. The smallest absolute Gasteiger partial charge is 0.123 e. The van der Waals surface area contributed by atoms with Crippen LogP contribution in [0.4, 0.5) is 0 Å². The fraction of sp³-hybridized carbons (Fsp3) is 0.300. The predicted octanol–water partition coefficient (Wildman–Crippen LogP) is 1.33. The summed E-state index contributed by atoms with van der Waals surface area (Å²) in [6.45, 7) is 2.26. The first-order valence-corrected chi connectivity index (χ1v) is 4.00. The van der Waals surface area contributed by atoms with E-state index in [0.29, 0.717) is 12.1 Å². The summed E-state index contributed by atoms with van der Waals surface area (Å²) in [7, 11) is 1.60. The highest BCUT2D eigenvalue weighted by molar-refractivity contribution is 5.47. The lowest BCUT2D eigenvalue weighted by Crippen LogP contribution is -2.01. The standard InChI is InChI=1S/C10H12N2O/c1-7-3-10(13-2)9(6-12)4-8(7)5-11/h3-4H,6,12H2,1-2H3. The monoisotopic (exact) mass is 176 g/mol. The first-order valence-electron chi connectivity index (χ1n) is 4.00. The second-order valence-corrected chi connectivity index (χ2v) is 2.79. The molecule has 0 saturated heterocycles. The molecule has 0 aromatic heterocycles. The number of hydrogen-bond acceptors (Lipinski definition) is 3. The third-order valence-corrected chi connectivity index (χ3v) is 1.97. The Kier molecular flexibility index (Phi) is 2.88. The summed E-state index contributed by atoms with van der Waals surface area (Å²) in [6.07, 6.45) is 0. The lowest BCUT2D eigenvalue weighted by atomic mass is 10.0. The average molecular weight is 176 g/mol. The number of nitrogens with zero attached hydrogens (tertiary/aromatic N) is 1. The summed E-state index contributed by atoms with van der Waals surface area (Å²) in [5, 5.41) is 8.77. The second-order valence-electron chi connectivity index (χ2n) is 2.79. The van der Waals surface area contributed by atoms with Crippen molar-refractivity contribution in [2.75, 3.05) is 7.11 Å². The van der Waals surface area contributed by atoms with Crippen LogP contribution in [-0.4, -0.2) is 7.11 Å². The maximum atomic E-state index is 8.77. The summed E-state index contributed by atoms with van der Waals surface area (Å²) in [4.78, 5) is 0. The maximum Gasteiger partial charge on any atom is 0.123 e. The van der Waals surface area contributed by atoms with E-state index in [9.17, 15) is 0 Å². The van der Waals surface area contributed by atoms with Crippen molar-refractivity contribution in [3.63, 3.8) is 0 Å². The first kappa shape index (κ1) is 9.56. The van der Waals surface area contributed by atoms with Crippen LogP contribution in [0.1, 0.15) is 16.7 Å². The normalized spacial score (nSPS) is 9.38. The van der Waals surface area contributed by atoms with E-state index in [0.717, 1.165) is 16.9 Å². The van der Waals surface area contributed by atoms with Gasteiger partial charge in [0, 0.05) is 12.1 Å². The zero-order valence-corrected chi connectivity index (χ0v) is 7.79. The SMILES string of the molecule is COc1cc(C)c(C#N)cc1CN. The van der Waals surface area contributed by atoms with Gasteiger partial charge in [-0.25, -0.2) is 0 Å². The van der Waals surface area contributed by atoms with Crippen molar-refractivity contribution in [2.24, 2.45) is 5.73 Å². The third-order valence-electron chi connectivity index (χ3n) is 1.97. The topological polar surface area (TPSA) is 59.0 Å². The van der Waals surface area contributed by atoms with E-state index in [2.05, 4.69) is 6.07 Å². The summed E-state index contributed by atoms with van der Waals surface area (Å²) in [6, 6.07) is 5.72. The van der Waals surface area contributed by atoms with E-state index >= 15 is 0 Å². The summed E-state index contributed by atoms with van der Waals surface area (Å²) in [5.74, 6) is 0.749. The number of nitrogens with two attached hydrogens (primary N) is 1. The second kappa shape index (κ2) is 3.92. The molecule has 3 heteroatoms. The average Bonchev–Trinajstić information content (AvgIpc) is 2.17. The van der Waals surface area contributed by atoms with Gasteiger partial charge in [-0.2, -0.15) is 5.26 Å². The number of hydrogen-bond donors (Lipinski definition) is 1. The van der Waals surface area contributed by atoms with Crippen molar-refractivity contribution in [3.8, 4) is 11.8 Å². The van der Waals surface area contributed by atoms with E-state index in [1.807, 2.05) is 13.0 Å². The molecule has 0 aliphatic heterocycles. The molecule has 0 unspecified atom stereocenters. The Morgan fingerprint density at radius 1 is 1.54 bits per heavy atom. The lowest BCUT2D eigenvalue weighted by molar-refractivity contribution is 0.409. The van der Waals surface area contributed by atoms with Gasteiger partial charge in [-0.3, -0.25) is 0 Å². The zero-order valence-electron chi connectivity index (χ0n) is 7.79. The van der Waals surface area contributed by atoms with Gasteiger partial charge < -0.3 is 10.5 Å². The van der Waals surface area contributed by atoms with Crippen molar-refractivity contribution in [3.05, 3.63) is 28.8 Å². The lowest BCUT2D eigenvalue weighted by Gasteiger charge is -2.08. The number of nitriles is 1. The third kappa shape index (κ3) is 1.79. The van der Waals surface area contributed by atoms with Gasteiger partial charge in [0.25, 0.3) is 0 Å². The van der Waals surface area contributed by atoms with Gasteiger partial charge in [0.2, 0.25) is 0 Å². The van der Waals surface area contributed by atoms with Crippen LogP contribution < -0.4 is 10.5 Å². The predicted molar refractivity (Wildman–Crippen MR) is 50.3 cm³/mol. The highest BCUT2D eigenvalue weighted by Gasteiger charge is 2.05. The Labute approximate surface area is 77.7 Å². The Bertz CT molecular complexity index is 353. The minimum absolute atomic E-state index is 0.387. The van der Waals surface area contributed by atoms with Crippen molar-refractivity contribution >= 4 is 0 Å². The summed E-state index contributed by atoms with van der Waals surface area (Å²) in [5.41, 5.74) is 7.94. The molecule has 1 aromatic rings. The maximum absolute atomic E-state index is 8.77. The fourth-order valence-electron chi connectivity index (χ4n) is 1.20. The minimum atomic E-state index is 0.387. The van der Waals surface area contributed by atoms with Crippen LogP contribution in [0.15, 0.2) is 12.1 Å². The molecule has 0 aliphatic rings. The van der Waals surface area contributed by atoms with Crippen LogP contribution in [0, 0.1) is 18.3 Å². The largest absolute Gasteiger partial charge is 0.496 e. The van der Waals surface area contributed by atoms with Crippen LogP contribution in [0.25, 0.3) is 0 Å². The number of ether oxygens (including phenoxy) is 1. The number of rotatable bonds is 2. The van der Waals surface area contributed by atoms with E-state index in [-0.39, 0.29) is 0 Å². The molecule has 1 rings (SSSR count). The minimum Gasteiger partial charge on any atom is -0.496 e. The molecule has 13 heavy (non-hydrogen) atoms. The fourth-order valence-corrected chi connectivity index (χ4v) is 1.20. The van der Waals surface area contributed by atoms with Crippen LogP contribution >= 0.6 is 0 Å². The van der Waals surface area contributed by atoms with Gasteiger partial charge in [0.15, 0.2) is 0 Å². The molecule has 1 aromatic carbocycles. The Morgan fingerprint density at radius 2 is 2.23 bits per heavy atom. The van der Waals surface area contributed by atoms with Gasteiger partial charge in [0.1, 0.15) is 5.75 Å². The van der Waals surface area contributed by atoms with Gasteiger partial charge in [-0.1, -0.05) is 0 Å². The Balaban J connectivity index is 3.28. The number of methoxy groups -OCH3 is 1. The highest BCUT2D eigenvalue weighted by atomic mass is 16.5. The quantitative estimate of drug-likeness (QED) is 0.739. The van der Waals surface area contributed by atoms with Crippen molar-refractivity contribution in [1.82, 2.24) is 0 Å². The van der Waals surface area contributed by atoms with Crippen LogP contribution in [0.5, 0.6) is 5.75 Å². The molecule has 0 spiro atoms. The summed E-state index contributed by atoms with van der Waals surface area (Å²) >= 11 is 0. The van der Waals surface area contributed by atoms with E-state index in [1.165, 1.54) is 0 Å². The molecule has 2 N–H and O–H groups in total. The Morgan fingerprint density at radius 3 is 2.69 bits per heavy atom. The van der Waals surface area contributed by atoms with Crippen LogP contribution in [-0.2, 0) is 6.54 Å². The molecule has 0 bridgehead atoms. The van der Waals surface area contributed by atoms with E-state index < -0.39 is 0 Å². The molecule has 0 amide bonds. The first-order chi connectivity index (χ1) is 6.22. The zero-order chi connectivity index (χ0) is 9.84. The number of benzene rings is 1. The molecular weight excluding hydrogens is 164 g/mol. The molecule has 0 fully saturated rings. The molecule has 0 heterocycles.